The molecule has 0 spiro atoms. The summed E-state index contributed by atoms with van der Waals surface area (Å²) >= 11 is 0. The van der Waals surface area contributed by atoms with E-state index in [9.17, 15) is 19.4 Å². The fourth-order valence-electron chi connectivity index (χ4n) is 7.22. The number of allylic oxidation sites excluding steroid dienone is 21. The van der Waals surface area contributed by atoms with Crippen molar-refractivity contribution in [3.05, 3.63) is 134 Å². The van der Waals surface area contributed by atoms with Gasteiger partial charge < -0.3 is 19.8 Å². The molecule has 0 aliphatic rings. The zero-order valence-corrected chi connectivity index (χ0v) is 46.8. The van der Waals surface area contributed by atoms with E-state index in [0.29, 0.717) is 17.4 Å². The fourth-order valence-corrected chi connectivity index (χ4v) is 7.96. The van der Waals surface area contributed by atoms with Crippen LogP contribution in [-0.2, 0) is 18.4 Å². The van der Waals surface area contributed by atoms with Crippen LogP contribution in [0, 0.1) is 0 Å². The molecule has 0 bridgehead atoms. The second kappa shape index (κ2) is 51.5. The third kappa shape index (κ3) is 54.3. The minimum Gasteiger partial charge on any atom is -0.387 e. The summed E-state index contributed by atoms with van der Waals surface area (Å²) in [6.07, 6.45) is 78.3. The number of nitrogens with zero attached hydrogens (tertiary/aromatic N) is 1. The van der Waals surface area contributed by atoms with Crippen LogP contribution in [-0.4, -0.2) is 73.4 Å². The summed E-state index contributed by atoms with van der Waals surface area (Å²) in [5.74, 6) is -0.212. The average Bonchev–Trinajstić information content (AvgIpc) is 3.33. The Bertz CT molecular complexity index is 1610. The lowest BCUT2D eigenvalue weighted by atomic mass is 10.1. The van der Waals surface area contributed by atoms with E-state index >= 15 is 0 Å². The van der Waals surface area contributed by atoms with E-state index in [1.807, 2.05) is 27.2 Å². The van der Waals surface area contributed by atoms with Crippen LogP contribution in [0.4, 0.5) is 0 Å². The number of hydrogen-bond acceptors (Lipinski definition) is 5. The topological polar surface area (TPSA) is 105 Å². The van der Waals surface area contributed by atoms with Crippen LogP contribution in [0.25, 0.3) is 0 Å². The summed E-state index contributed by atoms with van der Waals surface area (Å²) in [6, 6.07) is -0.884. The Morgan fingerprint density at radius 2 is 0.859 bits per heavy atom. The highest BCUT2D eigenvalue weighted by molar-refractivity contribution is 7.47. The van der Waals surface area contributed by atoms with Gasteiger partial charge in [0.15, 0.2) is 0 Å². The molecule has 404 valence electrons. The first-order valence-corrected chi connectivity index (χ1v) is 29.6. The molecule has 3 atom stereocenters. The van der Waals surface area contributed by atoms with E-state index in [-0.39, 0.29) is 19.1 Å². The molecule has 0 saturated heterocycles. The number of rotatable bonds is 49. The van der Waals surface area contributed by atoms with Crippen molar-refractivity contribution in [1.29, 1.82) is 0 Å². The Kier molecular flexibility index (Phi) is 49.1. The average molecular weight is 1010 g/mol. The van der Waals surface area contributed by atoms with Crippen molar-refractivity contribution in [3.63, 3.8) is 0 Å². The number of hydrogen-bond donors (Lipinski definition) is 3. The van der Waals surface area contributed by atoms with Gasteiger partial charge in [-0.3, -0.25) is 13.8 Å². The third-order valence-electron chi connectivity index (χ3n) is 11.6. The largest absolute Gasteiger partial charge is 0.472 e. The highest BCUT2D eigenvalue weighted by atomic mass is 31.2. The van der Waals surface area contributed by atoms with Gasteiger partial charge in [-0.2, -0.15) is 0 Å². The Morgan fingerprint density at radius 1 is 0.493 bits per heavy atom. The molecule has 0 rings (SSSR count). The minimum atomic E-state index is -4.37. The van der Waals surface area contributed by atoms with Crippen molar-refractivity contribution in [1.82, 2.24) is 5.32 Å². The first kappa shape index (κ1) is 67.6. The molecule has 0 aromatic heterocycles. The quantitative estimate of drug-likeness (QED) is 0.0243. The highest BCUT2D eigenvalue weighted by Gasteiger charge is 2.27. The molecule has 71 heavy (non-hydrogen) atoms. The molecule has 0 saturated carbocycles. The summed E-state index contributed by atoms with van der Waals surface area (Å²) < 4.78 is 23.6. The van der Waals surface area contributed by atoms with Crippen molar-refractivity contribution in [2.75, 3.05) is 40.9 Å². The van der Waals surface area contributed by atoms with Crippen LogP contribution in [0.3, 0.4) is 0 Å². The first-order chi connectivity index (χ1) is 34.5. The van der Waals surface area contributed by atoms with Crippen LogP contribution < -0.4 is 5.32 Å². The first-order valence-electron chi connectivity index (χ1n) is 28.1. The molecular formula is C62H106N2O6P+. The zero-order valence-electron chi connectivity index (χ0n) is 45.9. The number of nitrogens with one attached hydrogen (secondary N) is 1. The van der Waals surface area contributed by atoms with E-state index in [0.717, 1.165) is 116 Å². The fraction of sp³-hybridized carbons (Fsp3) is 0.629. The molecule has 0 fully saturated rings. The molecule has 3 N–H and O–H groups in total. The van der Waals surface area contributed by atoms with Crippen molar-refractivity contribution in [3.8, 4) is 0 Å². The molecule has 3 unspecified atom stereocenters. The summed E-state index contributed by atoms with van der Waals surface area (Å²) in [5, 5.41) is 13.9. The predicted octanol–water partition coefficient (Wildman–Crippen LogP) is 17.1. The van der Waals surface area contributed by atoms with Gasteiger partial charge >= 0.3 is 7.82 Å². The SMILES string of the molecule is CC/C=C\C/C=C\C/C=C\C/C=C\C/C=C\C/C=C\C/C=C\C/C=C\C/C=C\CCCCCCCC(=O)NC(COP(=O)(O)OCC[N+](C)(C)C)C(O)/C=C/CC/C=C/CCCCCCCCCCCC. The van der Waals surface area contributed by atoms with Gasteiger partial charge in [0.25, 0.3) is 0 Å². The van der Waals surface area contributed by atoms with E-state index in [1.54, 1.807) is 6.08 Å². The van der Waals surface area contributed by atoms with Crippen LogP contribution in [0.1, 0.15) is 200 Å². The van der Waals surface area contributed by atoms with E-state index in [2.05, 4.69) is 141 Å². The van der Waals surface area contributed by atoms with E-state index in [1.165, 1.54) is 64.2 Å². The second-order valence-corrected chi connectivity index (χ2v) is 21.0. The number of unbranched alkanes of at least 4 members (excludes halogenated alkanes) is 16. The molecule has 0 aliphatic heterocycles. The molecule has 8 nitrogen and oxygen atoms in total. The Balaban J connectivity index is 4.32. The lowest BCUT2D eigenvalue weighted by Gasteiger charge is -2.25. The number of quaternary nitrogens is 1. The van der Waals surface area contributed by atoms with Crippen LogP contribution in [0.15, 0.2) is 134 Å². The standard InChI is InChI=1S/C62H105N2O6P/c1-6-8-10-12-14-16-18-20-22-24-25-26-27-28-29-30-31-32-33-34-35-36-37-38-39-40-42-44-46-48-50-52-54-56-62(66)63-60(59-70-71(67,68)69-58-57-64(3,4)5)61(65)55-53-51-49-47-45-43-41-23-21-19-17-15-13-11-9-7-2/h8,10,14,16,20,22,25-26,28-29,31-32,34-35,37-38,40,42,45,47,53,55,60-61,65H,6-7,9,11-13,15,17-19,21,23-24,27,30,33,36,39,41,43-44,46,48-52,54,56-59H2,1-5H3,(H-,63,66,67,68)/p+1/b10-8-,16-14-,22-20-,26-25-,29-28-,32-31-,35-34-,38-37-,42-40-,47-45+,55-53+. The number of aliphatic hydroxyl groups excluding tert-OH is 1. The van der Waals surface area contributed by atoms with Gasteiger partial charge in [0.1, 0.15) is 13.2 Å². The zero-order chi connectivity index (χ0) is 52.0. The Hall–Kier alpha value is -3.36. The van der Waals surface area contributed by atoms with Gasteiger partial charge in [0, 0.05) is 6.42 Å². The lowest BCUT2D eigenvalue weighted by Crippen LogP contribution is -2.45. The molecule has 0 aromatic carbocycles. The molecule has 9 heteroatoms. The van der Waals surface area contributed by atoms with Gasteiger partial charge in [0.05, 0.1) is 39.9 Å². The molecule has 0 aliphatic carbocycles. The number of amides is 1. The van der Waals surface area contributed by atoms with E-state index in [4.69, 9.17) is 9.05 Å². The van der Waals surface area contributed by atoms with Crippen LogP contribution in [0.5, 0.6) is 0 Å². The molecule has 0 aromatic rings. The Labute approximate surface area is 436 Å². The predicted molar refractivity (Wildman–Crippen MR) is 308 cm³/mol. The number of likely N-dealkylation sites (N-methyl/N-ethyl adjacent to an activating group) is 1. The smallest absolute Gasteiger partial charge is 0.387 e. The van der Waals surface area contributed by atoms with Gasteiger partial charge in [-0.1, -0.05) is 225 Å². The molecule has 1 amide bonds. The maximum Gasteiger partial charge on any atom is 0.472 e. The van der Waals surface area contributed by atoms with Crippen molar-refractivity contribution >= 4 is 13.7 Å². The Morgan fingerprint density at radius 3 is 1.30 bits per heavy atom. The van der Waals surface area contributed by atoms with Crippen LogP contribution >= 0.6 is 7.82 Å². The van der Waals surface area contributed by atoms with Crippen molar-refractivity contribution < 1.29 is 32.9 Å². The molecule has 0 heterocycles. The van der Waals surface area contributed by atoms with Gasteiger partial charge in [-0.15, -0.1) is 0 Å². The third-order valence-corrected chi connectivity index (χ3v) is 12.6. The number of carbonyl (C=O) groups is 1. The van der Waals surface area contributed by atoms with Crippen LogP contribution in [0.2, 0.25) is 0 Å². The van der Waals surface area contributed by atoms with Crippen molar-refractivity contribution in [2.45, 2.75) is 212 Å². The maximum absolute atomic E-state index is 13.0. The number of carbonyl (C=O) groups excluding carboxylic acids is 1. The second-order valence-electron chi connectivity index (χ2n) is 19.6. The summed E-state index contributed by atoms with van der Waals surface area (Å²) in [6.45, 7) is 4.64. The number of phosphoric ester groups is 1. The van der Waals surface area contributed by atoms with Gasteiger partial charge in [-0.05, 0) is 103 Å². The summed E-state index contributed by atoms with van der Waals surface area (Å²) in [4.78, 5) is 23.3. The molecule has 0 radical (unpaired) electrons. The van der Waals surface area contributed by atoms with Gasteiger partial charge in [-0.25, -0.2) is 4.57 Å². The lowest BCUT2D eigenvalue weighted by molar-refractivity contribution is -0.870. The highest BCUT2D eigenvalue weighted by Crippen LogP contribution is 2.43. The van der Waals surface area contributed by atoms with Crippen molar-refractivity contribution in [2.24, 2.45) is 0 Å². The minimum absolute atomic E-state index is 0.0445. The normalized spacial score (nSPS) is 15.0. The summed E-state index contributed by atoms with van der Waals surface area (Å²) in [5.41, 5.74) is 0. The van der Waals surface area contributed by atoms with E-state index < -0.39 is 20.0 Å². The summed E-state index contributed by atoms with van der Waals surface area (Å²) in [7, 11) is 1.52. The monoisotopic (exact) mass is 1010 g/mol. The number of phosphoric acid groups is 1. The van der Waals surface area contributed by atoms with Gasteiger partial charge in [0.2, 0.25) is 5.91 Å². The molecular weight excluding hydrogens is 900 g/mol. The maximum atomic E-state index is 13.0. The number of aliphatic hydroxyl groups is 1.